The number of hydrogen-bond donors (Lipinski definition) is 2. The first-order valence-electron chi connectivity index (χ1n) is 9.85. The van der Waals surface area contributed by atoms with Gasteiger partial charge in [0.25, 0.3) is 11.8 Å². The molecule has 1 fully saturated rings. The lowest BCUT2D eigenvalue weighted by molar-refractivity contribution is -0.0243. The SMILES string of the molecule is O=C1c2ccccc2C(=O)N1CCN1CN=c2c(ncn2[C@H]2CC[C@@H](CO)O2)=C1O. The number of benzene rings is 1. The number of ether oxygens (including phenoxy) is 1. The summed E-state index contributed by atoms with van der Waals surface area (Å²) in [6.07, 6.45) is 2.57. The zero-order valence-corrected chi connectivity index (χ0v) is 16.1. The van der Waals surface area contributed by atoms with Gasteiger partial charge >= 0.3 is 0 Å². The van der Waals surface area contributed by atoms with E-state index in [-0.39, 0.29) is 56.4 Å². The fourth-order valence-electron chi connectivity index (χ4n) is 4.11. The summed E-state index contributed by atoms with van der Waals surface area (Å²) in [5.41, 5.74) is 1.32. The van der Waals surface area contributed by atoms with Crippen molar-refractivity contribution < 1.29 is 24.5 Å². The van der Waals surface area contributed by atoms with Crippen LogP contribution in [-0.4, -0.2) is 73.8 Å². The molecule has 3 aliphatic rings. The van der Waals surface area contributed by atoms with Gasteiger partial charge in [-0.25, -0.2) is 9.98 Å². The quantitative estimate of drug-likeness (QED) is 0.628. The smallest absolute Gasteiger partial charge is 0.261 e. The van der Waals surface area contributed by atoms with E-state index in [1.807, 2.05) is 0 Å². The van der Waals surface area contributed by atoms with E-state index in [0.29, 0.717) is 22.0 Å². The average Bonchev–Trinajstić information content (AvgIpc) is 3.46. The molecule has 0 unspecified atom stereocenters. The molecule has 0 bridgehead atoms. The highest BCUT2D eigenvalue weighted by atomic mass is 16.5. The van der Waals surface area contributed by atoms with Gasteiger partial charge in [0, 0.05) is 13.1 Å². The van der Waals surface area contributed by atoms with Crippen LogP contribution in [0.3, 0.4) is 0 Å². The number of amides is 2. The van der Waals surface area contributed by atoms with Crippen LogP contribution >= 0.6 is 0 Å². The highest BCUT2D eigenvalue weighted by Gasteiger charge is 2.35. The van der Waals surface area contributed by atoms with Gasteiger partial charge in [0.2, 0.25) is 5.88 Å². The highest BCUT2D eigenvalue weighted by Crippen LogP contribution is 2.26. The van der Waals surface area contributed by atoms with Crippen LogP contribution in [-0.2, 0) is 4.74 Å². The second-order valence-electron chi connectivity index (χ2n) is 7.49. The van der Waals surface area contributed by atoms with Gasteiger partial charge in [-0.1, -0.05) is 12.1 Å². The van der Waals surface area contributed by atoms with E-state index in [0.717, 1.165) is 12.8 Å². The molecule has 1 aromatic carbocycles. The first-order valence-corrected chi connectivity index (χ1v) is 9.85. The normalized spacial score (nSPS) is 23.0. The van der Waals surface area contributed by atoms with Crippen molar-refractivity contribution in [3.05, 3.63) is 52.6 Å². The topological polar surface area (TPSA) is 120 Å². The molecular weight excluding hydrogens is 390 g/mol. The molecule has 1 saturated heterocycles. The van der Waals surface area contributed by atoms with Gasteiger partial charge in [-0.2, -0.15) is 0 Å². The van der Waals surface area contributed by atoms with Gasteiger partial charge in [-0.3, -0.25) is 19.1 Å². The predicted octanol–water partition coefficient (Wildman–Crippen LogP) is -0.634. The third-order valence-electron chi connectivity index (χ3n) is 5.74. The van der Waals surface area contributed by atoms with Gasteiger partial charge in [0.15, 0.2) is 10.8 Å². The minimum atomic E-state index is -0.328. The highest BCUT2D eigenvalue weighted by molar-refractivity contribution is 6.21. The molecule has 2 aromatic rings. The number of carbonyl (C=O) groups is 2. The summed E-state index contributed by atoms with van der Waals surface area (Å²) >= 11 is 0. The van der Waals surface area contributed by atoms with E-state index < -0.39 is 0 Å². The number of nitrogens with zero attached hydrogens (tertiary/aromatic N) is 5. The minimum absolute atomic E-state index is 0.0342. The first kappa shape index (κ1) is 18.8. The summed E-state index contributed by atoms with van der Waals surface area (Å²) in [5.74, 6) is -0.705. The number of aliphatic hydroxyl groups excluding tert-OH is 2. The number of fused-ring (bicyclic) bond motifs is 2. The Morgan fingerprint density at radius 1 is 1.10 bits per heavy atom. The molecule has 1 aromatic heterocycles. The van der Waals surface area contributed by atoms with Crippen molar-refractivity contribution in [1.29, 1.82) is 0 Å². The number of imide groups is 1. The summed E-state index contributed by atoms with van der Waals surface area (Å²) in [5, 5.41) is 20.3. The summed E-state index contributed by atoms with van der Waals surface area (Å²) < 4.78 is 7.55. The van der Waals surface area contributed by atoms with Crippen molar-refractivity contribution in [1.82, 2.24) is 19.4 Å². The Morgan fingerprint density at radius 3 is 2.50 bits per heavy atom. The maximum Gasteiger partial charge on any atom is 0.261 e. The Morgan fingerprint density at radius 2 is 1.83 bits per heavy atom. The van der Waals surface area contributed by atoms with E-state index in [1.54, 1.807) is 40.1 Å². The predicted molar refractivity (Wildman–Crippen MR) is 103 cm³/mol. The van der Waals surface area contributed by atoms with Gasteiger partial charge in [-0.05, 0) is 25.0 Å². The molecule has 0 radical (unpaired) electrons. The molecule has 10 nitrogen and oxygen atoms in total. The third-order valence-corrected chi connectivity index (χ3v) is 5.74. The molecule has 4 heterocycles. The molecule has 5 rings (SSSR count). The zero-order valence-electron chi connectivity index (χ0n) is 16.1. The van der Waals surface area contributed by atoms with Crippen LogP contribution in [0.25, 0.3) is 5.88 Å². The number of hydrogen-bond acceptors (Lipinski definition) is 8. The molecule has 2 amide bonds. The molecule has 2 N–H and O–H groups in total. The molecule has 2 atom stereocenters. The summed E-state index contributed by atoms with van der Waals surface area (Å²) in [6, 6.07) is 6.73. The summed E-state index contributed by atoms with van der Waals surface area (Å²) in [7, 11) is 0. The van der Waals surface area contributed by atoms with Crippen LogP contribution in [0, 0.1) is 0 Å². The number of aliphatic hydroxyl groups is 2. The zero-order chi connectivity index (χ0) is 20.8. The second-order valence-corrected chi connectivity index (χ2v) is 7.49. The van der Waals surface area contributed by atoms with Crippen molar-refractivity contribution in [3.63, 3.8) is 0 Å². The van der Waals surface area contributed by atoms with Crippen LogP contribution in [0.15, 0.2) is 35.6 Å². The molecule has 3 aliphatic heterocycles. The van der Waals surface area contributed by atoms with E-state index in [1.165, 1.54) is 4.90 Å². The fraction of sp³-hybridized carbons (Fsp3) is 0.400. The number of aromatic nitrogens is 2. The van der Waals surface area contributed by atoms with Crippen molar-refractivity contribution in [2.75, 3.05) is 26.4 Å². The van der Waals surface area contributed by atoms with Gasteiger partial charge in [0.05, 0.1) is 30.2 Å². The Hall–Kier alpha value is -3.24. The molecule has 0 saturated carbocycles. The summed E-state index contributed by atoms with van der Waals surface area (Å²) in [6.45, 7) is 0.503. The van der Waals surface area contributed by atoms with Gasteiger partial charge in [0.1, 0.15) is 12.9 Å². The van der Waals surface area contributed by atoms with Gasteiger partial charge in [-0.15, -0.1) is 0 Å². The van der Waals surface area contributed by atoms with Crippen molar-refractivity contribution in [2.24, 2.45) is 4.99 Å². The largest absolute Gasteiger partial charge is 0.493 e. The lowest BCUT2D eigenvalue weighted by Gasteiger charge is -2.25. The van der Waals surface area contributed by atoms with Crippen LogP contribution in [0.5, 0.6) is 0 Å². The van der Waals surface area contributed by atoms with Crippen LogP contribution in [0.2, 0.25) is 0 Å². The summed E-state index contributed by atoms with van der Waals surface area (Å²) in [4.78, 5) is 36.6. The molecule has 10 heteroatoms. The van der Waals surface area contributed by atoms with Crippen molar-refractivity contribution >= 4 is 17.7 Å². The molecule has 156 valence electrons. The lowest BCUT2D eigenvalue weighted by atomic mass is 10.1. The average molecular weight is 411 g/mol. The van der Waals surface area contributed by atoms with E-state index in [9.17, 15) is 19.8 Å². The lowest BCUT2D eigenvalue weighted by Crippen LogP contribution is -2.46. The third kappa shape index (κ3) is 2.87. The minimum Gasteiger partial charge on any atom is -0.493 e. The maximum absolute atomic E-state index is 12.5. The number of carbonyl (C=O) groups excluding carboxylic acids is 2. The monoisotopic (exact) mass is 411 g/mol. The van der Waals surface area contributed by atoms with Gasteiger partial charge < -0.3 is 19.8 Å². The molecule has 30 heavy (non-hydrogen) atoms. The maximum atomic E-state index is 12.5. The van der Waals surface area contributed by atoms with Crippen LogP contribution in [0.4, 0.5) is 0 Å². The Balaban J connectivity index is 1.33. The van der Waals surface area contributed by atoms with Crippen LogP contribution in [0.1, 0.15) is 39.8 Å². The van der Waals surface area contributed by atoms with Crippen molar-refractivity contribution in [2.45, 2.75) is 25.2 Å². The van der Waals surface area contributed by atoms with E-state index in [2.05, 4.69) is 9.98 Å². The Kier molecular flexibility index (Phi) is 4.52. The molecule has 0 aliphatic carbocycles. The number of rotatable bonds is 5. The fourth-order valence-corrected chi connectivity index (χ4v) is 4.11. The first-order chi connectivity index (χ1) is 14.6. The Labute approximate surface area is 171 Å². The van der Waals surface area contributed by atoms with Crippen LogP contribution < -0.4 is 10.8 Å². The second kappa shape index (κ2) is 7.22. The standard InChI is InChI=1S/C20H21N5O5/c26-9-12-5-6-15(30-12)25-11-21-16-17(25)22-10-23(20(16)29)7-8-24-18(27)13-3-1-2-4-14(13)19(24)28/h1-4,11-12,15,26,29H,5-10H2/t12-,15+/m0/s1. The van der Waals surface area contributed by atoms with E-state index >= 15 is 0 Å². The molecule has 0 spiro atoms. The Bertz CT molecular complexity index is 1110. The molecular formula is C20H21N5O5. The van der Waals surface area contributed by atoms with E-state index in [4.69, 9.17) is 4.74 Å². The number of imidazole rings is 1. The van der Waals surface area contributed by atoms with Crippen molar-refractivity contribution in [3.8, 4) is 0 Å².